The number of aryl methyl sites for hydroxylation is 1. The molecule has 1 aliphatic rings. The van der Waals surface area contributed by atoms with Crippen LogP contribution in [0.4, 0.5) is 10.1 Å². The van der Waals surface area contributed by atoms with Crippen LogP contribution in [0.1, 0.15) is 17.2 Å². The summed E-state index contributed by atoms with van der Waals surface area (Å²) in [6.07, 6.45) is 0. The van der Waals surface area contributed by atoms with Gasteiger partial charge in [-0.1, -0.05) is 11.6 Å². The maximum absolute atomic E-state index is 13.2. The number of anilines is 1. The number of benzene rings is 2. The minimum Gasteiger partial charge on any atom is -0.456 e. The van der Waals surface area contributed by atoms with E-state index in [1.54, 1.807) is 25.1 Å². The first-order chi connectivity index (χ1) is 9.95. The Morgan fingerprint density at radius 2 is 2.10 bits per heavy atom. The SMILES string of the molecule is Cc1cc(Oc2cc3c(cc2Cl)C(N)C(=O)N3)ccc1F. The summed E-state index contributed by atoms with van der Waals surface area (Å²) in [4.78, 5) is 11.5. The molecule has 3 rings (SSSR count). The Morgan fingerprint density at radius 3 is 2.81 bits per heavy atom. The highest BCUT2D eigenvalue weighted by Crippen LogP contribution is 2.39. The van der Waals surface area contributed by atoms with E-state index in [9.17, 15) is 9.18 Å². The minimum absolute atomic E-state index is 0.282. The average molecular weight is 307 g/mol. The molecule has 0 fully saturated rings. The van der Waals surface area contributed by atoms with E-state index >= 15 is 0 Å². The Balaban J connectivity index is 1.95. The Hall–Kier alpha value is -2.11. The van der Waals surface area contributed by atoms with Crippen molar-refractivity contribution in [1.82, 2.24) is 0 Å². The highest BCUT2D eigenvalue weighted by Gasteiger charge is 2.28. The number of fused-ring (bicyclic) bond motifs is 1. The van der Waals surface area contributed by atoms with E-state index in [2.05, 4.69) is 5.32 Å². The molecule has 1 amide bonds. The van der Waals surface area contributed by atoms with Crippen molar-refractivity contribution in [3.05, 3.63) is 52.3 Å². The first-order valence-corrected chi connectivity index (χ1v) is 6.67. The maximum Gasteiger partial charge on any atom is 0.245 e. The van der Waals surface area contributed by atoms with Crippen LogP contribution in [0.15, 0.2) is 30.3 Å². The molecule has 1 unspecified atom stereocenters. The molecule has 1 atom stereocenters. The van der Waals surface area contributed by atoms with Gasteiger partial charge in [-0.2, -0.15) is 0 Å². The third kappa shape index (κ3) is 2.46. The average Bonchev–Trinajstić information content (AvgIpc) is 2.70. The molecule has 108 valence electrons. The van der Waals surface area contributed by atoms with E-state index in [1.165, 1.54) is 12.1 Å². The standard InChI is InChI=1S/C15H12ClFN2O2/c1-7-4-8(2-3-11(7)17)21-13-6-12-9(5-10(13)16)14(18)15(20)19-12/h2-6,14H,18H2,1H3,(H,19,20). The predicted molar refractivity (Wildman–Crippen MR) is 78.2 cm³/mol. The lowest BCUT2D eigenvalue weighted by atomic mass is 10.1. The summed E-state index contributed by atoms with van der Waals surface area (Å²) in [6, 6.07) is 6.90. The van der Waals surface area contributed by atoms with E-state index < -0.39 is 6.04 Å². The lowest BCUT2D eigenvalue weighted by Gasteiger charge is -2.11. The minimum atomic E-state index is -0.723. The Bertz CT molecular complexity index is 749. The first-order valence-electron chi connectivity index (χ1n) is 6.29. The van der Waals surface area contributed by atoms with Gasteiger partial charge in [0.25, 0.3) is 0 Å². The van der Waals surface area contributed by atoms with Gasteiger partial charge in [0.2, 0.25) is 5.91 Å². The fraction of sp³-hybridized carbons (Fsp3) is 0.133. The van der Waals surface area contributed by atoms with Crippen LogP contribution in [-0.4, -0.2) is 5.91 Å². The van der Waals surface area contributed by atoms with E-state index in [0.29, 0.717) is 33.3 Å². The molecule has 21 heavy (non-hydrogen) atoms. The number of amides is 1. The van der Waals surface area contributed by atoms with Crippen molar-refractivity contribution < 1.29 is 13.9 Å². The van der Waals surface area contributed by atoms with E-state index in [1.807, 2.05) is 0 Å². The number of rotatable bonds is 2. The summed E-state index contributed by atoms with van der Waals surface area (Å²) < 4.78 is 18.9. The number of carbonyl (C=O) groups excluding carboxylic acids is 1. The molecule has 0 saturated heterocycles. The fourth-order valence-corrected chi connectivity index (χ4v) is 2.38. The van der Waals surface area contributed by atoms with Gasteiger partial charge in [-0.05, 0) is 36.8 Å². The predicted octanol–water partition coefficient (Wildman–Crippen LogP) is 3.53. The molecule has 0 bridgehead atoms. The second-order valence-corrected chi connectivity index (χ2v) is 5.26. The van der Waals surface area contributed by atoms with Crippen molar-refractivity contribution in [1.29, 1.82) is 0 Å². The van der Waals surface area contributed by atoms with Gasteiger partial charge in [0.1, 0.15) is 23.4 Å². The van der Waals surface area contributed by atoms with Crippen LogP contribution in [0.2, 0.25) is 5.02 Å². The molecule has 0 spiro atoms. The molecule has 0 radical (unpaired) electrons. The number of ether oxygens (including phenoxy) is 1. The van der Waals surface area contributed by atoms with E-state index in [-0.39, 0.29) is 11.7 Å². The Kier molecular flexibility index (Phi) is 3.31. The van der Waals surface area contributed by atoms with Gasteiger partial charge >= 0.3 is 0 Å². The Morgan fingerprint density at radius 1 is 1.33 bits per heavy atom. The topological polar surface area (TPSA) is 64.3 Å². The fourth-order valence-electron chi connectivity index (χ4n) is 2.17. The lowest BCUT2D eigenvalue weighted by Crippen LogP contribution is -2.19. The lowest BCUT2D eigenvalue weighted by molar-refractivity contribution is -0.116. The number of hydrogen-bond donors (Lipinski definition) is 2. The van der Waals surface area contributed by atoms with Crippen molar-refractivity contribution in [3.8, 4) is 11.5 Å². The quantitative estimate of drug-likeness (QED) is 0.892. The van der Waals surface area contributed by atoms with Crippen molar-refractivity contribution in [2.75, 3.05) is 5.32 Å². The molecule has 4 nitrogen and oxygen atoms in total. The van der Waals surface area contributed by atoms with Crippen LogP contribution in [0.5, 0.6) is 11.5 Å². The van der Waals surface area contributed by atoms with Gasteiger partial charge in [-0.25, -0.2) is 4.39 Å². The largest absolute Gasteiger partial charge is 0.456 e. The van der Waals surface area contributed by atoms with Crippen LogP contribution in [-0.2, 0) is 4.79 Å². The summed E-state index contributed by atoms with van der Waals surface area (Å²) in [5, 5.41) is 2.99. The summed E-state index contributed by atoms with van der Waals surface area (Å²) in [6.45, 7) is 1.64. The van der Waals surface area contributed by atoms with Crippen LogP contribution in [0.3, 0.4) is 0 Å². The number of hydrogen-bond acceptors (Lipinski definition) is 3. The van der Waals surface area contributed by atoms with Crippen molar-refractivity contribution in [2.45, 2.75) is 13.0 Å². The zero-order chi connectivity index (χ0) is 15.1. The summed E-state index contributed by atoms with van der Waals surface area (Å²) in [5.41, 5.74) is 7.42. The van der Waals surface area contributed by atoms with Crippen molar-refractivity contribution in [3.63, 3.8) is 0 Å². The smallest absolute Gasteiger partial charge is 0.245 e. The highest BCUT2D eigenvalue weighted by atomic mass is 35.5. The molecule has 2 aromatic rings. The van der Waals surface area contributed by atoms with Gasteiger partial charge < -0.3 is 15.8 Å². The van der Waals surface area contributed by atoms with Crippen LogP contribution in [0, 0.1) is 12.7 Å². The number of halogens is 2. The van der Waals surface area contributed by atoms with Crippen LogP contribution >= 0.6 is 11.6 Å². The van der Waals surface area contributed by atoms with Gasteiger partial charge in [-0.15, -0.1) is 0 Å². The van der Waals surface area contributed by atoms with Gasteiger partial charge in [0, 0.05) is 17.3 Å². The summed E-state index contributed by atoms with van der Waals surface area (Å²) >= 11 is 6.15. The van der Waals surface area contributed by atoms with Crippen LogP contribution < -0.4 is 15.8 Å². The highest BCUT2D eigenvalue weighted by molar-refractivity contribution is 6.32. The molecular weight excluding hydrogens is 295 g/mol. The molecule has 1 aliphatic heterocycles. The molecular formula is C15H12ClFN2O2. The third-order valence-electron chi connectivity index (χ3n) is 3.34. The molecule has 1 heterocycles. The third-order valence-corrected chi connectivity index (χ3v) is 3.63. The maximum atomic E-state index is 13.2. The molecule has 3 N–H and O–H groups in total. The summed E-state index contributed by atoms with van der Waals surface area (Å²) in [5.74, 6) is 0.247. The monoisotopic (exact) mass is 306 g/mol. The van der Waals surface area contributed by atoms with Crippen molar-refractivity contribution >= 4 is 23.2 Å². The van der Waals surface area contributed by atoms with Gasteiger partial charge in [0.05, 0.1) is 5.02 Å². The zero-order valence-electron chi connectivity index (χ0n) is 11.1. The normalized spacial score (nSPS) is 16.6. The number of nitrogens with one attached hydrogen (secondary N) is 1. The molecule has 0 aliphatic carbocycles. The molecule has 2 aromatic carbocycles. The molecule has 0 aromatic heterocycles. The van der Waals surface area contributed by atoms with Crippen molar-refractivity contribution in [2.24, 2.45) is 5.73 Å². The van der Waals surface area contributed by atoms with Crippen LogP contribution in [0.25, 0.3) is 0 Å². The van der Waals surface area contributed by atoms with E-state index in [4.69, 9.17) is 22.1 Å². The first kappa shape index (κ1) is 13.9. The number of nitrogens with two attached hydrogens (primary N) is 1. The summed E-state index contributed by atoms with van der Waals surface area (Å²) in [7, 11) is 0. The molecule has 6 heteroatoms. The van der Waals surface area contributed by atoms with E-state index in [0.717, 1.165) is 0 Å². The second kappa shape index (κ2) is 5.02. The second-order valence-electron chi connectivity index (χ2n) is 4.85. The Labute approximate surface area is 125 Å². The number of carbonyl (C=O) groups is 1. The molecule has 0 saturated carbocycles. The van der Waals surface area contributed by atoms with Gasteiger partial charge in [0.15, 0.2) is 0 Å². The zero-order valence-corrected chi connectivity index (χ0v) is 11.9. The van der Waals surface area contributed by atoms with Gasteiger partial charge in [-0.3, -0.25) is 4.79 Å².